The van der Waals surface area contributed by atoms with Gasteiger partial charge in [-0.05, 0) is 182 Å². The summed E-state index contributed by atoms with van der Waals surface area (Å²) in [6, 6.07) is 49.0. The summed E-state index contributed by atoms with van der Waals surface area (Å²) in [6.07, 6.45) is 3.28. The molecule has 0 unspecified atom stereocenters. The minimum Gasteiger partial charge on any atom is -0.311 e. The lowest BCUT2D eigenvalue weighted by molar-refractivity contribution is 0.332. The van der Waals surface area contributed by atoms with Crippen LogP contribution >= 0.6 is 0 Å². The van der Waals surface area contributed by atoms with Crippen LogP contribution in [0.5, 0.6) is 0 Å². The number of hydrogen-bond donors (Lipinski definition) is 0. The Hall–Kier alpha value is -5.80. The van der Waals surface area contributed by atoms with Gasteiger partial charge in [0, 0.05) is 38.2 Å². The first-order valence-corrected chi connectivity index (χ1v) is 23.1. The van der Waals surface area contributed by atoms with Crippen LogP contribution in [-0.4, -0.2) is 6.71 Å². The Morgan fingerprint density at radius 3 is 1.52 bits per heavy atom. The van der Waals surface area contributed by atoms with Crippen LogP contribution < -0.4 is 26.2 Å². The largest absolute Gasteiger partial charge is 0.311 e. The molecule has 0 saturated carbocycles. The van der Waals surface area contributed by atoms with Crippen molar-refractivity contribution in [3.8, 4) is 22.3 Å². The molecule has 0 amide bonds. The highest BCUT2D eigenvalue weighted by atomic mass is 15.2. The molecule has 4 aliphatic rings. The maximum atomic E-state index is 9.13. The second-order valence-corrected chi connectivity index (χ2v) is 21.9. The summed E-state index contributed by atoms with van der Waals surface area (Å²) in [5.41, 5.74) is 22.7. The summed E-state index contributed by atoms with van der Waals surface area (Å²) in [7, 11) is 0. The van der Waals surface area contributed by atoms with Crippen LogP contribution in [0.25, 0.3) is 22.3 Å². The summed E-state index contributed by atoms with van der Waals surface area (Å²) in [5, 5.41) is 0. The number of fused-ring (bicyclic) bond motifs is 6. The van der Waals surface area contributed by atoms with E-state index in [0.717, 1.165) is 86.7 Å². The van der Waals surface area contributed by atoms with Gasteiger partial charge in [-0.25, -0.2) is 0 Å². The molecule has 0 saturated heterocycles. The quantitative estimate of drug-likeness (QED) is 0.163. The zero-order valence-corrected chi connectivity index (χ0v) is 38.8. The van der Waals surface area contributed by atoms with Gasteiger partial charge in [0.05, 0.1) is 0 Å². The standard InChI is InChI=1S/C60H61BN2/c1-37-28-54-56-55(29-37)63(51-34-47-44(31-39(51)3)59(8,9)36-60(47,10)11)53-35-46-45(57(4,5)26-27-58(46,6)7)33-49(53)61(56)48-24-22-43(41-20-16-13-17-21-41)32-52(48)62(54)50-25-23-42(30-38(50)2)40-18-14-12-15-19-40/h12-25,28-35H,26-27,36H2,1-11H3/i1D3. The molecule has 2 aliphatic heterocycles. The van der Waals surface area contributed by atoms with Crippen LogP contribution in [-0.2, 0) is 21.7 Å². The van der Waals surface area contributed by atoms with E-state index < -0.39 is 6.85 Å². The number of rotatable bonds is 4. The SMILES string of the molecule is [2H]C([2H])([2H])c1cc2c3c(c1)N(c1cc4c(cc1C)C(C)(C)CC4(C)C)c1cc4c(cc1B3c1ccc(-c3ccccc3)cc1N2c1ccc(-c2ccccc2)cc1C)C(C)(C)CCC4(C)C. The van der Waals surface area contributed by atoms with Crippen LogP contribution in [0.1, 0.15) is 118 Å². The number of aryl methyl sites for hydroxylation is 3. The summed E-state index contributed by atoms with van der Waals surface area (Å²) >= 11 is 0. The van der Waals surface area contributed by atoms with Crippen molar-refractivity contribution < 1.29 is 4.11 Å². The number of benzene rings is 7. The fraction of sp³-hybridized carbons (Fsp3) is 0.300. The molecule has 7 aromatic carbocycles. The average molecular weight is 824 g/mol. The first-order valence-electron chi connectivity index (χ1n) is 24.6. The zero-order chi connectivity index (χ0) is 46.5. The molecule has 0 fully saturated rings. The third-order valence-corrected chi connectivity index (χ3v) is 15.6. The summed E-state index contributed by atoms with van der Waals surface area (Å²) in [4.78, 5) is 4.88. The van der Waals surface area contributed by atoms with E-state index in [1.54, 1.807) is 0 Å². The molecule has 2 nitrogen and oxygen atoms in total. The third kappa shape index (κ3) is 6.05. The molecule has 0 N–H and O–H groups in total. The Morgan fingerprint density at radius 2 is 0.921 bits per heavy atom. The molecule has 11 rings (SSSR count). The fourth-order valence-electron chi connectivity index (χ4n) is 12.5. The molecule has 0 atom stereocenters. The van der Waals surface area contributed by atoms with Crippen molar-refractivity contribution in [1.82, 2.24) is 0 Å². The Morgan fingerprint density at radius 1 is 0.429 bits per heavy atom. The molecule has 2 heterocycles. The van der Waals surface area contributed by atoms with Crippen molar-refractivity contribution in [2.45, 2.75) is 117 Å². The van der Waals surface area contributed by atoms with Gasteiger partial charge in [-0.2, -0.15) is 0 Å². The molecule has 2 aliphatic carbocycles. The number of hydrogen-bond acceptors (Lipinski definition) is 2. The highest BCUT2D eigenvalue weighted by Crippen LogP contribution is 2.55. The van der Waals surface area contributed by atoms with Crippen molar-refractivity contribution in [2.24, 2.45) is 0 Å². The van der Waals surface area contributed by atoms with Crippen molar-refractivity contribution in [3.05, 3.63) is 172 Å². The van der Waals surface area contributed by atoms with E-state index in [0.29, 0.717) is 5.56 Å². The smallest absolute Gasteiger partial charge is 0.252 e. The summed E-state index contributed by atoms with van der Waals surface area (Å²) < 4.78 is 27.4. The number of nitrogens with zero attached hydrogens (tertiary/aromatic N) is 2. The molecule has 63 heavy (non-hydrogen) atoms. The Kier molecular flexibility index (Phi) is 7.92. The van der Waals surface area contributed by atoms with Gasteiger partial charge in [0.15, 0.2) is 0 Å². The van der Waals surface area contributed by atoms with Gasteiger partial charge in [-0.3, -0.25) is 0 Å². The van der Waals surface area contributed by atoms with Crippen LogP contribution in [0, 0.1) is 20.7 Å². The van der Waals surface area contributed by atoms with Crippen molar-refractivity contribution in [3.63, 3.8) is 0 Å². The molecule has 3 heteroatoms. The molecule has 7 aromatic rings. The Bertz CT molecular complexity index is 3140. The van der Waals surface area contributed by atoms with Gasteiger partial charge in [-0.15, -0.1) is 0 Å². The van der Waals surface area contributed by atoms with E-state index >= 15 is 0 Å². The average Bonchev–Trinajstić information content (AvgIpc) is 3.45. The second kappa shape index (κ2) is 13.6. The number of anilines is 6. The fourth-order valence-corrected chi connectivity index (χ4v) is 12.5. The Balaban J connectivity index is 1.27. The van der Waals surface area contributed by atoms with E-state index in [4.69, 9.17) is 4.11 Å². The van der Waals surface area contributed by atoms with Gasteiger partial charge in [-0.1, -0.05) is 146 Å². The van der Waals surface area contributed by atoms with E-state index in [-0.39, 0.29) is 28.4 Å². The molecular weight excluding hydrogens is 759 g/mol. The van der Waals surface area contributed by atoms with Gasteiger partial charge < -0.3 is 9.80 Å². The van der Waals surface area contributed by atoms with Crippen molar-refractivity contribution in [1.29, 1.82) is 0 Å². The van der Waals surface area contributed by atoms with Crippen molar-refractivity contribution in [2.75, 3.05) is 9.80 Å². The lowest BCUT2D eigenvalue weighted by Gasteiger charge is -2.48. The molecule has 0 spiro atoms. The van der Waals surface area contributed by atoms with E-state index in [9.17, 15) is 0 Å². The second-order valence-electron chi connectivity index (χ2n) is 21.9. The van der Waals surface area contributed by atoms with Crippen LogP contribution in [0.3, 0.4) is 0 Å². The summed E-state index contributed by atoms with van der Waals surface area (Å²) in [6.45, 7) is 21.2. The topological polar surface area (TPSA) is 6.48 Å². The van der Waals surface area contributed by atoms with Crippen molar-refractivity contribution >= 4 is 57.2 Å². The van der Waals surface area contributed by atoms with Gasteiger partial charge in [0.25, 0.3) is 6.71 Å². The lowest BCUT2D eigenvalue weighted by Crippen LogP contribution is -2.62. The molecule has 0 aromatic heterocycles. The molecule has 0 radical (unpaired) electrons. The van der Waals surface area contributed by atoms with E-state index in [2.05, 4.69) is 200 Å². The normalized spacial score (nSPS) is 18.9. The first-order chi connectivity index (χ1) is 31.1. The molecule has 0 bridgehead atoms. The zero-order valence-electron chi connectivity index (χ0n) is 41.8. The minimum atomic E-state index is -2.36. The predicted molar refractivity (Wildman–Crippen MR) is 272 cm³/mol. The Labute approximate surface area is 381 Å². The summed E-state index contributed by atoms with van der Waals surface area (Å²) in [5.74, 6) is 0. The third-order valence-electron chi connectivity index (χ3n) is 15.6. The van der Waals surface area contributed by atoms with E-state index in [1.807, 2.05) is 12.1 Å². The maximum Gasteiger partial charge on any atom is 0.252 e. The first kappa shape index (κ1) is 36.7. The highest BCUT2D eigenvalue weighted by molar-refractivity contribution is 7.00. The maximum absolute atomic E-state index is 9.13. The lowest BCUT2D eigenvalue weighted by atomic mass is 9.33. The van der Waals surface area contributed by atoms with Crippen LogP contribution in [0.15, 0.2) is 133 Å². The molecule has 314 valence electrons. The van der Waals surface area contributed by atoms with Gasteiger partial charge in [0.2, 0.25) is 0 Å². The van der Waals surface area contributed by atoms with E-state index in [1.165, 1.54) is 38.7 Å². The van der Waals surface area contributed by atoms with Crippen LogP contribution in [0.4, 0.5) is 34.1 Å². The van der Waals surface area contributed by atoms with Crippen LogP contribution in [0.2, 0.25) is 0 Å². The van der Waals surface area contributed by atoms with Gasteiger partial charge >= 0.3 is 0 Å². The van der Waals surface area contributed by atoms with Gasteiger partial charge in [0.1, 0.15) is 0 Å². The predicted octanol–water partition coefficient (Wildman–Crippen LogP) is 14.3. The molecular formula is C60H61BN2. The minimum absolute atomic E-state index is 0.0175. The monoisotopic (exact) mass is 824 g/mol. The highest BCUT2D eigenvalue weighted by Gasteiger charge is 2.48.